The molecule has 0 bridgehead atoms. The van der Waals surface area contributed by atoms with Crippen molar-refractivity contribution in [1.82, 2.24) is 20.2 Å². The smallest absolute Gasteiger partial charge is 0.459 e. The maximum Gasteiger partial charge on any atom is 0.573 e. The number of rotatable bonds is 8. The number of esters is 1. The van der Waals surface area contributed by atoms with Gasteiger partial charge >= 0.3 is 18.4 Å². The van der Waals surface area contributed by atoms with Crippen LogP contribution >= 0.6 is 0 Å². The molecule has 3 N–H and O–H groups in total. The lowest BCUT2D eigenvalue weighted by atomic mass is 9.87. The minimum absolute atomic E-state index is 0.0329. The molecule has 4 aromatic rings. The third kappa shape index (κ3) is 6.82. The SMILES string of the molecule is Cc1nc2ccc(CNC(=O)Nc3ccc(OC(F)(F)F)cc3)cc2c(=O)n1[C@]1(C(=O)OCc2ccccc2)CCC(=O)NC1=O. The lowest BCUT2D eigenvalue weighted by Crippen LogP contribution is -2.62. The lowest BCUT2D eigenvalue weighted by Gasteiger charge is -2.35. The van der Waals surface area contributed by atoms with Crippen LogP contribution in [0.1, 0.15) is 29.8 Å². The Morgan fingerprint density at radius 2 is 1.72 bits per heavy atom. The molecule has 0 spiro atoms. The molecule has 4 amide bonds. The number of anilines is 1. The third-order valence-electron chi connectivity index (χ3n) is 7.17. The number of amides is 4. The van der Waals surface area contributed by atoms with E-state index in [0.29, 0.717) is 11.1 Å². The molecule has 5 rings (SSSR count). The normalized spacial score (nSPS) is 16.4. The fraction of sp³-hybridized carbons (Fsp3) is 0.226. The number of hydrogen-bond acceptors (Lipinski definition) is 8. The Morgan fingerprint density at radius 1 is 1.00 bits per heavy atom. The number of halogens is 3. The number of benzene rings is 3. The van der Waals surface area contributed by atoms with Gasteiger partial charge < -0.3 is 20.1 Å². The van der Waals surface area contributed by atoms with Crippen LogP contribution in [0, 0.1) is 6.92 Å². The Kier molecular flexibility index (Phi) is 8.76. The number of aromatic nitrogens is 2. The average molecular weight is 638 g/mol. The van der Waals surface area contributed by atoms with Gasteiger partial charge in [0, 0.05) is 18.7 Å². The van der Waals surface area contributed by atoms with E-state index in [2.05, 4.69) is 25.7 Å². The van der Waals surface area contributed by atoms with Gasteiger partial charge in [0.15, 0.2) is 0 Å². The van der Waals surface area contributed by atoms with Crippen LogP contribution in [-0.4, -0.2) is 39.7 Å². The first-order valence-corrected chi connectivity index (χ1v) is 13.8. The highest BCUT2D eigenvalue weighted by Gasteiger charge is 2.54. The summed E-state index contributed by atoms with van der Waals surface area (Å²) in [5, 5.41) is 7.23. The van der Waals surface area contributed by atoms with Gasteiger partial charge in [0.2, 0.25) is 11.4 Å². The van der Waals surface area contributed by atoms with Crippen LogP contribution in [0.3, 0.4) is 0 Å². The molecule has 15 heteroatoms. The molecular formula is C31H26F3N5O7. The number of alkyl halides is 3. The first kappa shape index (κ1) is 31.7. The molecule has 1 saturated heterocycles. The van der Waals surface area contributed by atoms with E-state index >= 15 is 0 Å². The van der Waals surface area contributed by atoms with Crippen LogP contribution in [0.15, 0.2) is 77.6 Å². The second-order valence-electron chi connectivity index (χ2n) is 10.3. The summed E-state index contributed by atoms with van der Waals surface area (Å²) >= 11 is 0. The molecule has 0 saturated carbocycles. The number of nitrogens with one attached hydrogen (secondary N) is 3. The number of hydrogen-bond donors (Lipinski definition) is 3. The highest BCUT2D eigenvalue weighted by atomic mass is 19.4. The van der Waals surface area contributed by atoms with Crippen molar-refractivity contribution in [2.45, 2.75) is 44.8 Å². The fourth-order valence-electron chi connectivity index (χ4n) is 5.04. The van der Waals surface area contributed by atoms with Gasteiger partial charge in [-0.1, -0.05) is 36.4 Å². The van der Waals surface area contributed by atoms with Crippen molar-refractivity contribution in [1.29, 1.82) is 0 Å². The molecule has 1 fully saturated rings. The molecule has 0 unspecified atom stereocenters. The van der Waals surface area contributed by atoms with Crippen molar-refractivity contribution in [3.05, 3.63) is 100 Å². The summed E-state index contributed by atoms with van der Waals surface area (Å²) in [7, 11) is 0. The van der Waals surface area contributed by atoms with Gasteiger partial charge in [-0.3, -0.25) is 24.3 Å². The fourth-order valence-corrected chi connectivity index (χ4v) is 5.04. The van der Waals surface area contributed by atoms with Crippen LogP contribution < -0.4 is 26.2 Å². The topological polar surface area (TPSA) is 158 Å². The van der Waals surface area contributed by atoms with Crippen LogP contribution in [0.4, 0.5) is 23.7 Å². The van der Waals surface area contributed by atoms with Gasteiger partial charge in [0.05, 0.1) is 10.9 Å². The Hall–Kier alpha value is -5.73. The minimum Gasteiger partial charge on any atom is -0.459 e. The maximum atomic E-state index is 14.0. The van der Waals surface area contributed by atoms with Gasteiger partial charge in [-0.25, -0.2) is 14.6 Å². The van der Waals surface area contributed by atoms with Gasteiger partial charge in [-0.05, 0) is 60.9 Å². The van der Waals surface area contributed by atoms with Crippen molar-refractivity contribution in [3.8, 4) is 5.75 Å². The van der Waals surface area contributed by atoms with E-state index < -0.39 is 47.0 Å². The van der Waals surface area contributed by atoms with Crippen LogP contribution in [-0.2, 0) is 37.8 Å². The number of aryl methyl sites for hydroxylation is 1. The second-order valence-corrected chi connectivity index (χ2v) is 10.3. The highest BCUT2D eigenvalue weighted by molar-refractivity contribution is 6.13. The van der Waals surface area contributed by atoms with Gasteiger partial charge in [-0.2, -0.15) is 0 Å². The van der Waals surface area contributed by atoms with Crippen LogP contribution in [0.25, 0.3) is 10.9 Å². The number of imide groups is 1. The summed E-state index contributed by atoms with van der Waals surface area (Å²) in [6.45, 7) is 1.20. The van der Waals surface area contributed by atoms with E-state index in [4.69, 9.17) is 4.74 Å². The molecule has 1 atom stereocenters. The molecule has 1 aliphatic heterocycles. The number of fused-ring (bicyclic) bond motifs is 1. The number of piperidine rings is 1. The van der Waals surface area contributed by atoms with Gasteiger partial charge in [-0.15, -0.1) is 13.2 Å². The Labute approximate surface area is 258 Å². The molecule has 2 heterocycles. The number of urea groups is 1. The second kappa shape index (κ2) is 12.7. The van der Waals surface area contributed by atoms with Gasteiger partial charge in [0.1, 0.15) is 18.2 Å². The van der Waals surface area contributed by atoms with Gasteiger partial charge in [0.25, 0.3) is 11.5 Å². The quantitative estimate of drug-likeness (QED) is 0.150. The first-order valence-electron chi connectivity index (χ1n) is 13.8. The maximum absolute atomic E-state index is 14.0. The summed E-state index contributed by atoms with van der Waals surface area (Å²) in [4.78, 5) is 69.9. The van der Waals surface area contributed by atoms with Crippen LogP contribution in [0.2, 0.25) is 0 Å². The zero-order valence-electron chi connectivity index (χ0n) is 24.1. The molecule has 1 aromatic heterocycles. The van der Waals surface area contributed by atoms with Crippen molar-refractivity contribution in [2.75, 3.05) is 5.32 Å². The summed E-state index contributed by atoms with van der Waals surface area (Å²) in [5.41, 5.74) is -1.39. The van der Waals surface area contributed by atoms with Crippen molar-refractivity contribution in [2.24, 2.45) is 0 Å². The predicted molar refractivity (Wildman–Crippen MR) is 156 cm³/mol. The molecule has 12 nitrogen and oxygen atoms in total. The van der Waals surface area contributed by atoms with Crippen molar-refractivity contribution >= 4 is 40.4 Å². The van der Waals surface area contributed by atoms with Crippen LogP contribution in [0.5, 0.6) is 5.75 Å². The molecule has 1 aliphatic rings. The lowest BCUT2D eigenvalue weighted by molar-refractivity contribution is -0.274. The Bertz CT molecular complexity index is 1880. The van der Waals surface area contributed by atoms with E-state index in [9.17, 15) is 37.1 Å². The van der Waals surface area contributed by atoms with Crippen molar-refractivity contribution < 1.29 is 41.8 Å². The van der Waals surface area contributed by atoms with E-state index in [-0.39, 0.29) is 48.4 Å². The molecule has 0 radical (unpaired) electrons. The first-order chi connectivity index (χ1) is 21.9. The summed E-state index contributed by atoms with van der Waals surface area (Å²) in [6, 6.07) is 17.2. The van der Waals surface area contributed by atoms with E-state index in [1.165, 1.54) is 31.2 Å². The molecule has 0 aliphatic carbocycles. The predicted octanol–water partition coefficient (Wildman–Crippen LogP) is 3.80. The molecule has 3 aromatic carbocycles. The van der Waals surface area contributed by atoms with E-state index in [1.807, 2.05) is 0 Å². The zero-order valence-corrected chi connectivity index (χ0v) is 24.1. The third-order valence-corrected chi connectivity index (χ3v) is 7.17. The summed E-state index contributed by atoms with van der Waals surface area (Å²) < 4.78 is 47.4. The number of carbonyl (C=O) groups is 4. The van der Waals surface area contributed by atoms with E-state index in [1.54, 1.807) is 36.4 Å². The number of ether oxygens (including phenoxy) is 2. The Balaban J connectivity index is 1.38. The average Bonchev–Trinajstić information content (AvgIpc) is 3.01. The molecular weight excluding hydrogens is 611 g/mol. The summed E-state index contributed by atoms with van der Waals surface area (Å²) in [6.07, 6.45) is -5.41. The Morgan fingerprint density at radius 3 is 2.39 bits per heavy atom. The number of carbonyl (C=O) groups excluding carboxylic acids is 4. The van der Waals surface area contributed by atoms with Crippen molar-refractivity contribution in [3.63, 3.8) is 0 Å². The largest absolute Gasteiger partial charge is 0.573 e. The molecule has 238 valence electrons. The number of nitrogens with zero attached hydrogens (tertiary/aromatic N) is 2. The summed E-state index contributed by atoms with van der Waals surface area (Å²) in [5.74, 6) is -3.06. The monoisotopic (exact) mass is 637 g/mol. The minimum atomic E-state index is -4.85. The standard InChI is InChI=1S/C31H26F3N5O7/c1-18-36-24-12-7-20(16-35-29(44)37-21-8-10-22(11-9-21)46-31(32,33)34)15-23(24)26(41)39(18)30(14-13-25(40)38-27(30)42)28(43)45-17-19-5-3-2-4-6-19/h2-12,15H,13-14,16-17H2,1H3,(H2,35,37,44)(H,38,40,42)/t30-/m1/s1. The molecule has 46 heavy (non-hydrogen) atoms. The van der Waals surface area contributed by atoms with E-state index in [0.717, 1.165) is 16.7 Å². The highest BCUT2D eigenvalue weighted by Crippen LogP contribution is 2.30. The zero-order chi connectivity index (χ0) is 33.1.